The van der Waals surface area contributed by atoms with Gasteiger partial charge in [-0.2, -0.15) is 5.10 Å². The van der Waals surface area contributed by atoms with E-state index in [0.717, 1.165) is 6.42 Å². The molecule has 96 valence electrons. The number of nitrogens with one attached hydrogen (secondary N) is 2. The minimum Gasteiger partial charge on any atom is -0.387 e. The summed E-state index contributed by atoms with van der Waals surface area (Å²) in [4.78, 5) is 0. The van der Waals surface area contributed by atoms with Gasteiger partial charge in [0.25, 0.3) is 0 Å². The number of benzene rings is 1. The third-order valence-electron chi connectivity index (χ3n) is 3.60. The van der Waals surface area contributed by atoms with Crippen LogP contribution < -0.4 is 5.32 Å². The average Bonchev–Trinajstić information content (AvgIpc) is 2.75. The molecule has 1 saturated heterocycles. The van der Waals surface area contributed by atoms with E-state index in [0.29, 0.717) is 16.5 Å². The van der Waals surface area contributed by atoms with Crippen molar-refractivity contribution in [3.8, 4) is 0 Å². The molecule has 0 spiro atoms. The average molecular weight is 249 g/mol. The number of aliphatic hydroxyl groups is 1. The summed E-state index contributed by atoms with van der Waals surface area (Å²) in [6.45, 7) is 4.18. The van der Waals surface area contributed by atoms with Crippen molar-refractivity contribution in [2.45, 2.75) is 38.0 Å². The first-order chi connectivity index (χ1) is 8.48. The second-order valence-corrected chi connectivity index (χ2v) is 5.58. The topological polar surface area (TPSA) is 60.9 Å². The fourth-order valence-electron chi connectivity index (χ4n) is 2.72. The van der Waals surface area contributed by atoms with E-state index >= 15 is 0 Å². The maximum absolute atomic E-state index is 13.5. The van der Waals surface area contributed by atoms with Crippen molar-refractivity contribution in [3.05, 3.63) is 29.7 Å². The second kappa shape index (κ2) is 3.76. The highest BCUT2D eigenvalue weighted by molar-refractivity contribution is 5.82. The summed E-state index contributed by atoms with van der Waals surface area (Å²) < 4.78 is 13.5. The third kappa shape index (κ3) is 1.71. The van der Waals surface area contributed by atoms with E-state index in [9.17, 15) is 9.50 Å². The van der Waals surface area contributed by atoms with Gasteiger partial charge >= 0.3 is 0 Å². The molecule has 18 heavy (non-hydrogen) atoms. The summed E-state index contributed by atoms with van der Waals surface area (Å²) >= 11 is 0. The Balaban J connectivity index is 1.95. The van der Waals surface area contributed by atoms with Crippen molar-refractivity contribution in [1.29, 1.82) is 0 Å². The molecule has 2 aromatic rings. The maximum atomic E-state index is 13.5. The lowest BCUT2D eigenvalue weighted by atomic mass is 9.80. The molecule has 1 fully saturated rings. The van der Waals surface area contributed by atoms with Crippen molar-refractivity contribution in [2.24, 2.45) is 0 Å². The van der Waals surface area contributed by atoms with Gasteiger partial charge in [0, 0.05) is 17.0 Å². The quantitative estimate of drug-likeness (QED) is 0.761. The maximum Gasteiger partial charge on any atom is 0.148 e. The predicted molar refractivity (Wildman–Crippen MR) is 66.6 cm³/mol. The van der Waals surface area contributed by atoms with Gasteiger partial charge in [-0.25, -0.2) is 4.39 Å². The Kier molecular flexibility index (Phi) is 2.43. The van der Waals surface area contributed by atoms with Gasteiger partial charge in [0.15, 0.2) is 0 Å². The molecule has 2 heterocycles. The molecule has 1 aliphatic heterocycles. The van der Waals surface area contributed by atoms with Crippen LogP contribution in [-0.4, -0.2) is 26.9 Å². The summed E-state index contributed by atoms with van der Waals surface area (Å²) in [6.07, 6.45) is 1.81. The van der Waals surface area contributed by atoms with Gasteiger partial charge in [-0.1, -0.05) is 6.07 Å². The van der Waals surface area contributed by atoms with Gasteiger partial charge in [-0.05, 0) is 31.9 Å². The highest BCUT2D eigenvalue weighted by Gasteiger charge is 2.40. The summed E-state index contributed by atoms with van der Waals surface area (Å²) in [5, 5.41) is 20.8. The molecule has 2 atom stereocenters. The number of aromatic nitrogens is 2. The monoisotopic (exact) mass is 249 g/mol. The number of fused-ring (bicyclic) bond motifs is 1. The van der Waals surface area contributed by atoms with Crippen molar-refractivity contribution in [2.75, 3.05) is 0 Å². The molecule has 3 rings (SSSR count). The number of aliphatic hydroxyl groups excluding tert-OH is 1. The normalized spacial score (nSPS) is 23.9. The zero-order chi connectivity index (χ0) is 12.9. The van der Waals surface area contributed by atoms with Crippen molar-refractivity contribution < 1.29 is 9.50 Å². The summed E-state index contributed by atoms with van der Waals surface area (Å²) in [5.41, 5.74) is 1.14. The number of rotatable bonds is 2. The molecule has 0 bridgehead atoms. The van der Waals surface area contributed by atoms with Crippen LogP contribution in [0.25, 0.3) is 10.9 Å². The molecule has 0 radical (unpaired) electrons. The lowest BCUT2D eigenvalue weighted by Gasteiger charge is -2.46. The van der Waals surface area contributed by atoms with Crippen LogP contribution in [0.5, 0.6) is 0 Å². The number of halogens is 1. The second-order valence-electron chi connectivity index (χ2n) is 5.58. The van der Waals surface area contributed by atoms with Crippen molar-refractivity contribution >= 4 is 10.9 Å². The van der Waals surface area contributed by atoms with Crippen LogP contribution in [0.15, 0.2) is 18.3 Å². The third-order valence-corrected chi connectivity index (χ3v) is 3.60. The summed E-state index contributed by atoms with van der Waals surface area (Å²) in [6, 6.07) is 3.01. The minimum absolute atomic E-state index is 0.0172. The van der Waals surface area contributed by atoms with E-state index < -0.39 is 6.10 Å². The fourth-order valence-corrected chi connectivity index (χ4v) is 2.72. The smallest absolute Gasteiger partial charge is 0.148 e. The summed E-state index contributed by atoms with van der Waals surface area (Å²) in [5.74, 6) is -0.347. The molecule has 0 aliphatic carbocycles. The van der Waals surface area contributed by atoms with E-state index in [-0.39, 0.29) is 17.4 Å². The van der Waals surface area contributed by atoms with Crippen LogP contribution in [0.2, 0.25) is 0 Å². The predicted octanol–water partition coefficient (Wildman–Crippen LogP) is 1.88. The van der Waals surface area contributed by atoms with E-state index in [1.807, 2.05) is 0 Å². The van der Waals surface area contributed by atoms with E-state index in [4.69, 9.17) is 0 Å². The number of hydrogen-bond acceptors (Lipinski definition) is 3. The van der Waals surface area contributed by atoms with E-state index in [1.54, 1.807) is 12.3 Å². The van der Waals surface area contributed by atoms with E-state index in [2.05, 4.69) is 29.4 Å². The highest BCUT2D eigenvalue weighted by atomic mass is 19.1. The SMILES string of the molecule is CC1(C)C[C@H]([C@H](O)c2ccc(F)c3[nH]ncc23)N1. The molecule has 1 aliphatic rings. The van der Waals surface area contributed by atoms with Gasteiger partial charge in [-0.3, -0.25) is 5.10 Å². The Hall–Kier alpha value is -1.46. The molecule has 4 nitrogen and oxygen atoms in total. The van der Waals surface area contributed by atoms with E-state index in [1.165, 1.54) is 6.07 Å². The lowest BCUT2D eigenvalue weighted by molar-refractivity contribution is 0.0398. The van der Waals surface area contributed by atoms with Gasteiger partial charge in [0.05, 0.1) is 12.3 Å². The van der Waals surface area contributed by atoms with Crippen LogP contribution in [0.4, 0.5) is 4.39 Å². The van der Waals surface area contributed by atoms with Crippen LogP contribution in [0, 0.1) is 5.82 Å². The lowest BCUT2D eigenvalue weighted by Crippen LogP contribution is -2.61. The largest absolute Gasteiger partial charge is 0.387 e. The van der Waals surface area contributed by atoms with Crippen LogP contribution >= 0.6 is 0 Å². The fraction of sp³-hybridized carbons (Fsp3) is 0.462. The van der Waals surface area contributed by atoms with Gasteiger partial charge in [0.1, 0.15) is 11.3 Å². The molecule has 3 N–H and O–H groups in total. The molecule has 5 heteroatoms. The van der Waals surface area contributed by atoms with Crippen molar-refractivity contribution in [1.82, 2.24) is 15.5 Å². The number of H-pyrrole nitrogens is 1. The number of nitrogens with zero attached hydrogens (tertiary/aromatic N) is 1. The standard InChI is InChI=1S/C13H16FN3O/c1-13(2)5-10(16-13)12(18)7-3-4-9(14)11-8(7)6-15-17-11/h3-4,6,10,12,16,18H,5H2,1-2H3,(H,15,17)/t10-,12-/m1/s1. The Labute approximate surface area is 104 Å². The Morgan fingerprint density at radius 3 is 2.89 bits per heavy atom. The minimum atomic E-state index is -0.640. The van der Waals surface area contributed by atoms with Crippen molar-refractivity contribution in [3.63, 3.8) is 0 Å². The van der Waals surface area contributed by atoms with Crippen LogP contribution in [0.3, 0.4) is 0 Å². The Morgan fingerprint density at radius 2 is 2.22 bits per heavy atom. The first-order valence-corrected chi connectivity index (χ1v) is 6.05. The molecule has 0 amide bonds. The molecular formula is C13H16FN3O. The molecule has 1 aromatic carbocycles. The Morgan fingerprint density at radius 1 is 1.50 bits per heavy atom. The summed E-state index contributed by atoms with van der Waals surface area (Å²) in [7, 11) is 0. The Bertz CT molecular complexity index is 585. The van der Waals surface area contributed by atoms with Gasteiger partial charge < -0.3 is 10.4 Å². The zero-order valence-electron chi connectivity index (χ0n) is 10.4. The molecule has 0 saturated carbocycles. The van der Waals surface area contributed by atoms with Gasteiger partial charge in [-0.15, -0.1) is 0 Å². The van der Waals surface area contributed by atoms with Crippen LogP contribution in [-0.2, 0) is 0 Å². The zero-order valence-corrected chi connectivity index (χ0v) is 10.4. The first kappa shape index (κ1) is 11.6. The van der Waals surface area contributed by atoms with Crippen LogP contribution in [0.1, 0.15) is 31.9 Å². The first-order valence-electron chi connectivity index (χ1n) is 6.05. The number of hydrogen-bond donors (Lipinski definition) is 3. The van der Waals surface area contributed by atoms with Gasteiger partial charge in [0.2, 0.25) is 0 Å². The molecule has 1 aromatic heterocycles. The molecular weight excluding hydrogens is 233 g/mol. The number of aromatic amines is 1. The molecule has 0 unspecified atom stereocenters. The highest BCUT2D eigenvalue weighted by Crippen LogP contribution is 2.35.